The number of carbonyl (C=O) groups excluding carboxylic acids is 1. The number of nitrogens with zero attached hydrogens (tertiary/aromatic N) is 1. The molecule has 0 bridgehead atoms. The van der Waals surface area contributed by atoms with Crippen molar-refractivity contribution in [1.82, 2.24) is 5.32 Å². The van der Waals surface area contributed by atoms with Crippen LogP contribution in [0.15, 0.2) is 48.5 Å². The van der Waals surface area contributed by atoms with Crippen LogP contribution in [0.25, 0.3) is 0 Å². The molecular weight excluding hydrogens is 354 g/mol. The molecule has 130 valence electrons. The number of thiocarbonyl (C=S) groups is 1. The van der Waals surface area contributed by atoms with Crippen molar-refractivity contribution in [1.29, 1.82) is 0 Å². The fourth-order valence-corrected chi connectivity index (χ4v) is 3.47. The van der Waals surface area contributed by atoms with Gasteiger partial charge in [0.2, 0.25) is 0 Å². The molecule has 0 saturated carbocycles. The van der Waals surface area contributed by atoms with E-state index in [0.29, 0.717) is 10.6 Å². The van der Waals surface area contributed by atoms with Crippen LogP contribution in [0.2, 0.25) is 5.02 Å². The Bertz CT molecular complexity index is 761. The van der Waals surface area contributed by atoms with Crippen molar-refractivity contribution in [2.24, 2.45) is 0 Å². The van der Waals surface area contributed by atoms with E-state index in [1.807, 2.05) is 36.4 Å². The van der Waals surface area contributed by atoms with Gasteiger partial charge in [0, 0.05) is 18.7 Å². The largest absolute Gasteiger partial charge is 0.369 e. The van der Waals surface area contributed by atoms with E-state index in [2.05, 4.69) is 15.5 Å². The highest BCUT2D eigenvalue weighted by Crippen LogP contribution is 2.35. The Balaban J connectivity index is 1.73. The van der Waals surface area contributed by atoms with Crippen LogP contribution in [0, 0.1) is 0 Å². The Morgan fingerprint density at radius 1 is 1.00 bits per heavy atom. The SMILES string of the molecule is O=C(NC(=S)Nc1cccc(Cl)c1N1CCCCC1)c1ccccc1. The van der Waals surface area contributed by atoms with Gasteiger partial charge in [-0.25, -0.2) is 0 Å². The maximum atomic E-state index is 12.2. The summed E-state index contributed by atoms with van der Waals surface area (Å²) in [6.07, 6.45) is 3.55. The first kappa shape index (κ1) is 17.7. The lowest BCUT2D eigenvalue weighted by molar-refractivity contribution is 0.0977. The molecule has 0 unspecified atom stereocenters. The minimum atomic E-state index is -0.236. The smallest absolute Gasteiger partial charge is 0.257 e. The average Bonchev–Trinajstić information content (AvgIpc) is 2.63. The van der Waals surface area contributed by atoms with Crippen LogP contribution in [0.3, 0.4) is 0 Å². The van der Waals surface area contributed by atoms with E-state index < -0.39 is 0 Å². The number of hydrogen-bond donors (Lipinski definition) is 2. The molecule has 0 atom stereocenters. The summed E-state index contributed by atoms with van der Waals surface area (Å²) in [5.41, 5.74) is 2.32. The predicted octanol–water partition coefficient (Wildman–Crippen LogP) is 4.46. The zero-order chi connectivity index (χ0) is 17.6. The summed E-state index contributed by atoms with van der Waals surface area (Å²) >= 11 is 11.7. The summed E-state index contributed by atoms with van der Waals surface area (Å²) in [7, 11) is 0. The molecule has 4 nitrogen and oxygen atoms in total. The lowest BCUT2D eigenvalue weighted by Crippen LogP contribution is -2.35. The normalized spacial score (nSPS) is 14.0. The Hall–Kier alpha value is -2.11. The van der Waals surface area contributed by atoms with Gasteiger partial charge in [-0.1, -0.05) is 35.9 Å². The van der Waals surface area contributed by atoms with Crippen molar-refractivity contribution < 1.29 is 4.79 Å². The van der Waals surface area contributed by atoms with Gasteiger partial charge in [-0.15, -0.1) is 0 Å². The van der Waals surface area contributed by atoms with Gasteiger partial charge in [0.1, 0.15) is 0 Å². The first-order chi connectivity index (χ1) is 12.1. The van der Waals surface area contributed by atoms with Gasteiger partial charge in [0.05, 0.1) is 16.4 Å². The van der Waals surface area contributed by atoms with Crippen molar-refractivity contribution in [3.63, 3.8) is 0 Å². The molecule has 3 rings (SSSR count). The Labute approximate surface area is 158 Å². The summed E-state index contributed by atoms with van der Waals surface area (Å²) in [4.78, 5) is 14.5. The molecule has 2 aromatic carbocycles. The second-order valence-electron chi connectivity index (χ2n) is 5.96. The fourth-order valence-electron chi connectivity index (χ4n) is 2.97. The molecule has 0 aliphatic carbocycles. The number of amides is 1. The lowest BCUT2D eigenvalue weighted by Gasteiger charge is -2.31. The predicted molar refractivity (Wildman–Crippen MR) is 108 cm³/mol. The number of hydrogen-bond acceptors (Lipinski definition) is 3. The average molecular weight is 374 g/mol. The second-order valence-corrected chi connectivity index (χ2v) is 6.77. The first-order valence-electron chi connectivity index (χ1n) is 8.36. The molecule has 0 spiro atoms. The van der Waals surface area contributed by atoms with E-state index in [-0.39, 0.29) is 11.0 Å². The summed E-state index contributed by atoms with van der Waals surface area (Å²) in [6.45, 7) is 1.95. The van der Waals surface area contributed by atoms with Gasteiger partial charge in [0.25, 0.3) is 5.91 Å². The van der Waals surface area contributed by atoms with Crippen LogP contribution < -0.4 is 15.5 Å². The van der Waals surface area contributed by atoms with Crippen LogP contribution in [0.4, 0.5) is 11.4 Å². The van der Waals surface area contributed by atoms with Crippen molar-refractivity contribution in [2.75, 3.05) is 23.3 Å². The third-order valence-electron chi connectivity index (χ3n) is 4.17. The minimum absolute atomic E-state index is 0.236. The summed E-state index contributed by atoms with van der Waals surface area (Å²) in [6, 6.07) is 14.7. The van der Waals surface area contributed by atoms with E-state index in [4.69, 9.17) is 23.8 Å². The van der Waals surface area contributed by atoms with Crippen LogP contribution in [0.1, 0.15) is 29.6 Å². The quantitative estimate of drug-likeness (QED) is 0.780. The maximum Gasteiger partial charge on any atom is 0.257 e. The zero-order valence-corrected chi connectivity index (χ0v) is 15.4. The number of rotatable bonds is 3. The van der Waals surface area contributed by atoms with Crippen molar-refractivity contribution in [3.8, 4) is 0 Å². The van der Waals surface area contributed by atoms with Gasteiger partial charge >= 0.3 is 0 Å². The second kappa shape index (κ2) is 8.32. The molecule has 1 fully saturated rings. The lowest BCUT2D eigenvalue weighted by atomic mass is 10.1. The highest BCUT2D eigenvalue weighted by Gasteiger charge is 2.18. The summed E-state index contributed by atoms with van der Waals surface area (Å²) in [5.74, 6) is -0.236. The van der Waals surface area contributed by atoms with Crippen LogP contribution in [-0.2, 0) is 0 Å². The molecule has 1 amide bonds. The molecule has 1 aliphatic rings. The molecule has 0 radical (unpaired) electrons. The number of halogens is 1. The number of para-hydroxylation sites is 1. The highest BCUT2D eigenvalue weighted by molar-refractivity contribution is 7.80. The van der Waals surface area contributed by atoms with E-state index in [1.54, 1.807) is 12.1 Å². The molecule has 1 saturated heterocycles. The molecule has 1 aliphatic heterocycles. The third-order valence-corrected chi connectivity index (χ3v) is 4.68. The molecule has 2 N–H and O–H groups in total. The van der Waals surface area contributed by atoms with Crippen LogP contribution in [0.5, 0.6) is 0 Å². The minimum Gasteiger partial charge on any atom is -0.369 e. The number of anilines is 2. The third kappa shape index (κ3) is 4.50. The zero-order valence-electron chi connectivity index (χ0n) is 13.8. The highest BCUT2D eigenvalue weighted by atomic mass is 35.5. The monoisotopic (exact) mass is 373 g/mol. The van der Waals surface area contributed by atoms with Crippen molar-refractivity contribution >= 4 is 46.2 Å². The molecule has 25 heavy (non-hydrogen) atoms. The molecule has 6 heteroatoms. The van der Waals surface area contributed by atoms with E-state index >= 15 is 0 Å². The molecule has 2 aromatic rings. The van der Waals surface area contributed by atoms with Gasteiger partial charge in [-0.2, -0.15) is 0 Å². The van der Waals surface area contributed by atoms with Crippen molar-refractivity contribution in [3.05, 3.63) is 59.1 Å². The van der Waals surface area contributed by atoms with Gasteiger partial charge < -0.3 is 10.2 Å². The van der Waals surface area contributed by atoms with Crippen molar-refractivity contribution in [2.45, 2.75) is 19.3 Å². The number of carbonyl (C=O) groups is 1. The van der Waals surface area contributed by atoms with Gasteiger partial charge in [-0.3, -0.25) is 10.1 Å². The maximum absolute atomic E-state index is 12.2. The topological polar surface area (TPSA) is 44.4 Å². The number of piperidine rings is 1. The molecular formula is C19H20ClN3OS. The standard InChI is InChI=1S/C19H20ClN3OS/c20-15-10-7-11-16(17(15)23-12-5-2-6-13-23)21-19(25)22-18(24)14-8-3-1-4-9-14/h1,3-4,7-11H,2,5-6,12-13H2,(H2,21,22,24,25). The van der Waals surface area contributed by atoms with Gasteiger partial charge in [-0.05, 0) is 55.7 Å². The van der Waals surface area contributed by atoms with Crippen LogP contribution in [-0.4, -0.2) is 24.1 Å². The van der Waals surface area contributed by atoms with Crippen LogP contribution >= 0.6 is 23.8 Å². The Morgan fingerprint density at radius 3 is 2.44 bits per heavy atom. The Morgan fingerprint density at radius 2 is 1.72 bits per heavy atom. The van der Waals surface area contributed by atoms with E-state index in [1.165, 1.54) is 6.42 Å². The summed E-state index contributed by atoms with van der Waals surface area (Å²) in [5, 5.41) is 6.78. The van der Waals surface area contributed by atoms with Gasteiger partial charge in [0.15, 0.2) is 5.11 Å². The molecule has 1 heterocycles. The van der Waals surface area contributed by atoms with E-state index in [9.17, 15) is 4.79 Å². The Kier molecular flexibility index (Phi) is 5.89. The first-order valence-corrected chi connectivity index (χ1v) is 9.14. The molecule has 0 aromatic heterocycles. The number of nitrogens with one attached hydrogen (secondary N) is 2. The van der Waals surface area contributed by atoms with E-state index in [0.717, 1.165) is 37.3 Å². The fraction of sp³-hybridized carbons (Fsp3) is 0.263. The number of benzene rings is 2. The summed E-state index contributed by atoms with van der Waals surface area (Å²) < 4.78 is 0.